The standard InChI is InChI=1S/C15H20O9/c1-21-8-4-3-7(5-9(8)22-2)14(20)24-15-13(19)12(18)11(17)10(6-16)23-15/h3-5,10-13,15-19H,6H2,1-2H3. The Balaban J connectivity index is 2.13. The molecule has 0 bridgehead atoms. The molecule has 0 radical (unpaired) electrons. The third-order valence-electron chi connectivity index (χ3n) is 3.69. The number of hydrogen-bond donors (Lipinski definition) is 4. The highest BCUT2D eigenvalue weighted by atomic mass is 16.7. The van der Waals surface area contributed by atoms with E-state index in [9.17, 15) is 20.1 Å². The molecule has 0 aromatic heterocycles. The quantitative estimate of drug-likeness (QED) is 0.479. The van der Waals surface area contributed by atoms with Crippen molar-refractivity contribution in [3.05, 3.63) is 23.8 Å². The highest BCUT2D eigenvalue weighted by molar-refractivity contribution is 5.90. The van der Waals surface area contributed by atoms with Gasteiger partial charge in [0.2, 0.25) is 6.29 Å². The number of aliphatic hydroxyl groups excluding tert-OH is 4. The van der Waals surface area contributed by atoms with Crippen LogP contribution in [0.25, 0.3) is 0 Å². The molecule has 0 aliphatic carbocycles. The molecule has 5 atom stereocenters. The molecule has 9 nitrogen and oxygen atoms in total. The van der Waals surface area contributed by atoms with Crippen LogP contribution in [0.5, 0.6) is 11.5 Å². The monoisotopic (exact) mass is 344 g/mol. The molecule has 24 heavy (non-hydrogen) atoms. The van der Waals surface area contributed by atoms with E-state index >= 15 is 0 Å². The van der Waals surface area contributed by atoms with Crippen molar-refractivity contribution in [1.82, 2.24) is 0 Å². The van der Waals surface area contributed by atoms with Gasteiger partial charge < -0.3 is 39.4 Å². The Morgan fingerprint density at radius 2 is 1.75 bits per heavy atom. The molecule has 5 unspecified atom stereocenters. The minimum Gasteiger partial charge on any atom is -0.493 e. The van der Waals surface area contributed by atoms with Gasteiger partial charge in [0, 0.05) is 0 Å². The van der Waals surface area contributed by atoms with Crippen LogP contribution in [0.15, 0.2) is 18.2 Å². The highest BCUT2D eigenvalue weighted by Gasteiger charge is 2.45. The van der Waals surface area contributed by atoms with E-state index in [0.717, 1.165) is 0 Å². The van der Waals surface area contributed by atoms with Crippen molar-refractivity contribution in [2.75, 3.05) is 20.8 Å². The molecule has 1 aliphatic rings. The average Bonchev–Trinajstić information content (AvgIpc) is 2.61. The summed E-state index contributed by atoms with van der Waals surface area (Å²) in [6.07, 6.45) is -7.51. The first kappa shape index (κ1) is 18.4. The summed E-state index contributed by atoms with van der Waals surface area (Å²) in [5.41, 5.74) is 0.101. The number of rotatable bonds is 5. The van der Waals surface area contributed by atoms with Crippen LogP contribution in [-0.4, -0.2) is 77.9 Å². The fraction of sp³-hybridized carbons (Fsp3) is 0.533. The van der Waals surface area contributed by atoms with Gasteiger partial charge in [0.15, 0.2) is 11.5 Å². The predicted octanol–water partition coefficient (Wildman–Crippen LogP) is -1.34. The lowest BCUT2D eigenvalue weighted by Crippen LogP contribution is -2.59. The van der Waals surface area contributed by atoms with Crippen molar-refractivity contribution in [1.29, 1.82) is 0 Å². The molecule has 134 valence electrons. The smallest absolute Gasteiger partial charge is 0.340 e. The first-order valence-corrected chi connectivity index (χ1v) is 7.16. The summed E-state index contributed by atoms with van der Waals surface area (Å²) in [6, 6.07) is 4.31. The van der Waals surface area contributed by atoms with E-state index < -0.39 is 43.3 Å². The van der Waals surface area contributed by atoms with Gasteiger partial charge in [-0.3, -0.25) is 0 Å². The zero-order valence-corrected chi connectivity index (χ0v) is 13.2. The van der Waals surface area contributed by atoms with Crippen LogP contribution in [0.4, 0.5) is 0 Å². The summed E-state index contributed by atoms with van der Waals surface area (Å²) in [7, 11) is 2.86. The summed E-state index contributed by atoms with van der Waals surface area (Å²) in [4.78, 5) is 12.2. The molecule has 0 saturated carbocycles. The van der Waals surface area contributed by atoms with E-state index in [-0.39, 0.29) is 5.56 Å². The second kappa shape index (κ2) is 7.77. The maximum atomic E-state index is 12.2. The van der Waals surface area contributed by atoms with Gasteiger partial charge in [0.25, 0.3) is 0 Å². The van der Waals surface area contributed by atoms with Crippen LogP contribution in [0.3, 0.4) is 0 Å². The fourth-order valence-corrected chi connectivity index (χ4v) is 2.30. The number of ether oxygens (including phenoxy) is 4. The maximum Gasteiger partial charge on any atom is 0.340 e. The number of carbonyl (C=O) groups excluding carboxylic acids is 1. The highest BCUT2D eigenvalue weighted by Crippen LogP contribution is 2.29. The zero-order valence-electron chi connectivity index (χ0n) is 13.2. The van der Waals surface area contributed by atoms with Gasteiger partial charge >= 0.3 is 5.97 Å². The van der Waals surface area contributed by atoms with E-state index in [1.807, 2.05) is 0 Å². The van der Waals surface area contributed by atoms with Crippen molar-refractivity contribution < 1.29 is 44.2 Å². The lowest BCUT2D eigenvalue weighted by atomic mass is 9.99. The minimum absolute atomic E-state index is 0.101. The molecule has 1 aliphatic heterocycles. The third-order valence-corrected chi connectivity index (χ3v) is 3.69. The normalized spacial score (nSPS) is 29.8. The first-order valence-electron chi connectivity index (χ1n) is 7.16. The lowest BCUT2D eigenvalue weighted by molar-refractivity contribution is -0.285. The summed E-state index contributed by atoms with van der Waals surface area (Å²) in [6.45, 7) is -0.616. The van der Waals surface area contributed by atoms with Gasteiger partial charge in [-0.15, -0.1) is 0 Å². The summed E-state index contributed by atoms with van der Waals surface area (Å²) in [5.74, 6) is -0.122. The summed E-state index contributed by atoms with van der Waals surface area (Å²) < 4.78 is 20.3. The van der Waals surface area contributed by atoms with Gasteiger partial charge in [-0.1, -0.05) is 0 Å². The number of hydrogen-bond acceptors (Lipinski definition) is 9. The Morgan fingerprint density at radius 3 is 2.33 bits per heavy atom. The van der Waals surface area contributed by atoms with Crippen molar-refractivity contribution in [2.24, 2.45) is 0 Å². The number of carbonyl (C=O) groups is 1. The van der Waals surface area contributed by atoms with Gasteiger partial charge in [0.05, 0.1) is 26.4 Å². The molecule has 0 spiro atoms. The number of aliphatic hydroxyl groups is 4. The van der Waals surface area contributed by atoms with Crippen LogP contribution in [0, 0.1) is 0 Å². The van der Waals surface area contributed by atoms with Crippen LogP contribution in [0.2, 0.25) is 0 Å². The molecule has 4 N–H and O–H groups in total. The molecule has 1 aromatic rings. The molecular weight excluding hydrogens is 324 g/mol. The molecule has 1 heterocycles. The topological polar surface area (TPSA) is 135 Å². The average molecular weight is 344 g/mol. The molecule has 1 fully saturated rings. The number of esters is 1. The van der Waals surface area contributed by atoms with Crippen LogP contribution in [-0.2, 0) is 9.47 Å². The van der Waals surface area contributed by atoms with E-state index in [1.54, 1.807) is 0 Å². The Bertz CT molecular complexity index is 574. The largest absolute Gasteiger partial charge is 0.493 e. The van der Waals surface area contributed by atoms with E-state index in [0.29, 0.717) is 11.5 Å². The molecule has 2 rings (SSSR count). The van der Waals surface area contributed by atoms with Crippen molar-refractivity contribution in [2.45, 2.75) is 30.7 Å². The van der Waals surface area contributed by atoms with E-state index in [2.05, 4.69) is 0 Å². The van der Waals surface area contributed by atoms with Crippen molar-refractivity contribution >= 4 is 5.97 Å². The molecule has 1 saturated heterocycles. The predicted molar refractivity (Wildman–Crippen MR) is 78.7 cm³/mol. The number of benzene rings is 1. The SMILES string of the molecule is COc1ccc(C(=O)OC2OC(CO)C(O)C(O)C2O)cc1OC. The summed E-state index contributed by atoms with van der Waals surface area (Å²) in [5, 5.41) is 38.3. The van der Waals surface area contributed by atoms with Gasteiger partial charge in [-0.2, -0.15) is 0 Å². The zero-order chi connectivity index (χ0) is 17.9. The minimum atomic E-state index is -1.66. The van der Waals surface area contributed by atoms with E-state index in [4.69, 9.17) is 24.1 Å². The fourth-order valence-electron chi connectivity index (χ4n) is 2.30. The number of methoxy groups -OCH3 is 2. The molecular formula is C15H20O9. The first-order chi connectivity index (χ1) is 11.4. The molecule has 9 heteroatoms. The van der Waals surface area contributed by atoms with Gasteiger partial charge in [-0.25, -0.2) is 4.79 Å². The second-order valence-electron chi connectivity index (χ2n) is 5.17. The van der Waals surface area contributed by atoms with E-state index in [1.165, 1.54) is 32.4 Å². The second-order valence-corrected chi connectivity index (χ2v) is 5.17. The summed E-state index contributed by atoms with van der Waals surface area (Å²) >= 11 is 0. The van der Waals surface area contributed by atoms with Gasteiger partial charge in [0.1, 0.15) is 24.4 Å². The van der Waals surface area contributed by atoms with Crippen molar-refractivity contribution in [3.8, 4) is 11.5 Å². The van der Waals surface area contributed by atoms with Crippen LogP contribution in [0.1, 0.15) is 10.4 Å². The Kier molecular flexibility index (Phi) is 5.97. The van der Waals surface area contributed by atoms with Crippen molar-refractivity contribution in [3.63, 3.8) is 0 Å². The Hall–Kier alpha value is -1.91. The van der Waals surface area contributed by atoms with Crippen LogP contribution >= 0.6 is 0 Å². The Labute approximate surface area is 138 Å². The Morgan fingerprint density at radius 1 is 1.08 bits per heavy atom. The van der Waals surface area contributed by atoms with Crippen LogP contribution < -0.4 is 9.47 Å². The lowest BCUT2D eigenvalue weighted by Gasteiger charge is -2.39. The third kappa shape index (κ3) is 3.60. The maximum absolute atomic E-state index is 12.2. The molecule has 0 amide bonds. The molecule has 1 aromatic carbocycles. The van der Waals surface area contributed by atoms with Gasteiger partial charge in [-0.05, 0) is 18.2 Å².